The number of cyclic esters (lactones) is 1. The van der Waals surface area contributed by atoms with Crippen molar-refractivity contribution < 1.29 is 14.3 Å². The topological polar surface area (TPSA) is 72.6 Å². The third-order valence-corrected chi connectivity index (χ3v) is 3.40. The number of carbonyl (C=O) groups excluding carboxylic acids is 2. The molecule has 0 aromatic heterocycles. The van der Waals surface area contributed by atoms with Crippen LogP contribution in [-0.2, 0) is 4.74 Å². The highest BCUT2D eigenvalue weighted by molar-refractivity contribution is 5.97. The number of nitrogens with zero attached hydrogens (tertiary/aromatic N) is 1. The molecule has 1 unspecified atom stereocenters. The number of rotatable bonds is 6. The van der Waals surface area contributed by atoms with E-state index in [2.05, 4.69) is 6.92 Å². The van der Waals surface area contributed by atoms with Crippen molar-refractivity contribution in [1.82, 2.24) is 0 Å². The molecule has 5 nitrogen and oxygen atoms in total. The number of amides is 1. The van der Waals surface area contributed by atoms with E-state index in [9.17, 15) is 9.59 Å². The summed E-state index contributed by atoms with van der Waals surface area (Å²) in [7, 11) is 0. The summed E-state index contributed by atoms with van der Waals surface area (Å²) in [5.41, 5.74) is 6.92. The Morgan fingerprint density at radius 1 is 1.32 bits per heavy atom. The summed E-state index contributed by atoms with van der Waals surface area (Å²) in [6.45, 7) is 6.83. The lowest BCUT2D eigenvalue weighted by atomic mass is 10.1. The van der Waals surface area contributed by atoms with E-state index in [1.165, 1.54) is 4.90 Å². The fourth-order valence-corrected chi connectivity index (χ4v) is 2.16. The van der Waals surface area contributed by atoms with E-state index in [0.29, 0.717) is 25.1 Å². The molecule has 22 heavy (non-hydrogen) atoms. The number of nitrogens with two attached hydrogens (primary N) is 1. The molecular formula is C17H26N2O3. The molecule has 1 aliphatic heterocycles. The highest BCUT2D eigenvalue weighted by Gasteiger charge is 2.31. The Morgan fingerprint density at radius 3 is 2.45 bits per heavy atom. The zero-order chi connectivity index (χ0) is 16.5. The zero-order valence-corrected chi connectivity index (χ0v) is 13.7. The molecule has 5 heteroatoms. The van der Waals surface area contributed by atoms with E-state index >= 15 is 0 Å². The fourth-order valence-electron chi connectivity index (χ4n) is 2.16. The molecule has 1 aliphatic rings. The third-order valence-electron chi connectivity index (χ3n) is 3.40. The zero-order valence-electron chi connectivity index (χ0n) is 13.7. The Kier molecular flexibility index (Phi) is 7.60. The second-order valence-corrected chi connectivity index (χ2v) is 4.93. The molecule has 2 rings (SSSR count). The fraction of sp³-hybridized carbons (Fsp3) is 0.529. The Bertz CT molecular complexity index is 485. The molecule has 122 valence electrons. The van der Waals surface area contributed by atoms with Gasteiger partial charge in [-0.15, -0.1) is 0 Å². The van der Waals surface area contributed by atoms with Crippen LogP contribution in [0.15, 0.2) is 24.3 Å². The smallest absolute Gasteiger partial charge is 0.414 e. The molecule has 1 atom stereocenters. The number of benzene rings is 1. The number of anilines is 1. The molecule has 0 aliphatic carbocycles. The number of unbranched alkanes of at least 4 members (excludes halogenated alkanes) is 1. The third kappa shape index (κ3) is 4.56. The summed E-state index contributed by atoms with van der Waals surface area (Å²) in [4.78, 5) is 25.1. The number of ether oxygens (including phenoxy) is 1. The molecule has 0 spiro atoms. The van der Waals surface area contributed by atoms with E-state index in [-0.39, 0.29) is 18.0 Å². The van der Waals surface area contributed by atoms with Crippen molar-refractivity contribution in [3.63, 3.8) is 0 Å². The predicted octanol–water partition coefficient (Wildman–Crippen LogP) is 3.37. The van der Waals surface area contributed by atoms with E-state index in [1.54, 1.807) is 24.3 Å². The first kappa shape index (κ1) is 18.2. The molecule has 1 aromatic carbocycles. The molecule has 1 heterocycles. The van der Waals surface area contributed by atoms with Crippen LogP contribution >= 0.6 is 0 Å². The van der Waals surface area contributed by atoms with Gasteiger partial charge in [0, 0.05) is 24.2 Å². The molecule has 0 saturated carbocycles. The van der Waals surface area contributed by atoms with Crippen LogP contribution in [-0.4, -0.2) is 31.1 Å². The number of ketones is 1. The van der Waals surface area contributed by atoms with Gasteiger partial charge in [0.05, 0.1) is 6.54 Å². The lowest BCUT2D eigenvalue weighted by molar-refractivity contribution is 0.0979. The minimum atomic E-state index is -0.384. The molecule has 2 N–H and O–H groups in total. The number of Topliss-reactive ketones (excluding diaryl/α,β-unsaturated/α-hetero) is 1. The van der Waals surface area contributed by atoms with Gasteiger partial charge in [-0.05, 0) is 30.7 Å². The summed E-state index contributed by atoms with van der Waals surface area (Å²) in [5.74, 6) is 0.141. The first-order valence-corrected chi connectivity index (χ1v) is 7.97. The van der Waals surface area contributed by atoms with Crippen LogP contribution in [0.1, 0.15) is 50.4 Å². The van der Waals surface area contributed by atoms with Gasteiger partial charge in [0.2, 0.25) is 0 Å². The average Bonchev–Trinajstić information content (AvgIpc) is 2.95. The van der Waals surface area contributed by atoms with Gasteiger partial charge in [0.1, 0.15) is 6.10 Å². The maximum Gasteiger partial charge on any atom is 0.414 e. The SMILES string of the molecule is CC.CCCCC(=O)c1ccc(N2CC(CN)OC2=O)cc1. The predicted molar refractivity (Wildman–Crippen MR) is 88.3 cm³/mol. The van der Waals surface area contributed by atoms with E-state index < -0.39 is 0 Å². The van der Waals surface area contributed by atoms with E-state index in [4.69, 9.17) is 10.5 Å². The lowest BCUT2D eigenvalue weighted by Gasteiger charge is -2.13. The van der Waals surface area contributed by atoms with Crippen molar-refractivity contribution in [3.8, 4) is 0 Å². The van der Waals surface area contributed by atoms with Crippen LogP contribution in [0, 0.1) is 0 Å². The maximum absolute atomic E-state index is 11.9. The molecule has 0 bridgehead atoms. The Morgan fingerprint density at radius 2 is 1.95 bits per heavy atom. The molecule has 1 aromatic rings. The highest BCUT2D eigenvalue weighted by atomic mass is 16.6. The van der Waals surface area contributed by atoms with Crippen molar-refractivity contribution in [2.45, 2.75) is 46.1 Å². The van der Waals surface area contributed by atoms with Crippen LogP contribution in [0.2, 0.25) is 0 Å². The number of carbonyl (C=O) groups is 2. The van der Waals surface area contributed by atoms with Gasteiger partial charge in [-0.1, -0.05) is 27.2 Å². The summed E-state index contributed by atoms with van der Waals surface area (Å²) in [6.07, 6.45) is 1.83. The molecule has 0 radical (unpaired) electrons. The molecule has 1 fully saturated rings. The van der Waals surface area contributed by atoms with Gasteiger partial charge in [-0.3, -0.25) is 9.69 Å². The molecular weight excluding hydrogens is 280 g/mol. The minimum absolute atomic E-state index is 0.141. The number of hydrogen-bond acceptors (Lipinski definition) is 4. The van der Waals surface area contributed by atoms with Gasteiger partial charge in [-0.25, -0.2) is 4.79 Å². The van der Waals surface area contributed by atoms with Crippen molar-refractivity contribution in [2.24, 2.45) is 5.73 Å². The quantitative estimate of drug-likeness (QED) is 0.818. The second kappa shape index (κ2) is 9.20. The standard InChI is InChI=1S/C15H20N2O3.C2H6/c1-2-3-4-14(18)11-5-7-12(8-6-11)17-10-13(9-16)20-15(17)19;1-2/h5-8,13H,2-4,9-10,16H2,1H3;1-2H3. The van der Waals surface area contributed by atoms with Gasteiger partial charge in [0.15, 0.2) is 5.78 Å². The van der Waals surface area contributed by atoms with Crippen molar-refractivity contribution in [2.75, 3.05) is 18.0 Å². The Labute approximate surface area is 132 Å². The summed E-state index contributed by atoms with van der Waals surface area (Å²) >= 11 is 0. The Balaban J connectivity index is 0.00000116. The van der Waals surface area contributed by atoms with Crippen LogP contribution in [0.4, 0.5) is 10.5 Å². The summed E-state index contributed by atoms with van der Waals surface area (Å²) < 4.78 is 5.10. The first-order valence-electron chi connectivity index (χ1n) is 7.97. The average molecular weight is 306 g/mol. The van der Waals surface area contributed by atoms with Crippen LogP contribution in [0.3, 0.4) is 0 Å². The van der Waals surface area contributed by atoms with Crippen LogP contribution in [0.5, 0.6) is 0 Å². The van der Waals surface area contributed by atoms with Gasteiger partial charge in [0.25, 0.3) is 0 Å². The summed E-state index contributed by atoms with van der Waals surface area (Å²) in [5, 5.41) is 0. The van der Waals surface area contributed by atoms with E-state index in [0.717, 1.165) is 18.5 Å². The second-order valence-electron chi connectivity index (χ2n) is 4.93. The minimum Gasteiger partial charge on any atom is -0.443 e. The van der Waals surface area contributed by atoms with Gasteiger partial charge < -0.3 is 10.5 Å². The van der Waals surface area contributed by atoms with Crippen molar-refractivity contribution in [3.05, 3.63) is 29.8 Å². The lowest BCUT2D eigenvalue weighted by Crippen LogP contribution is -2.27. The van der Waals surface area contributed by atoms with Crippen LogP contribution in [0.25, 0.3) is 0 Å². The van der Waals surface area contributed by atoms with Gasteiger partial charge in [-0.2, -0.15) is 0 Å². The number of hydrogen-bond donors (Lipinski definition) is 1. The van der Waals surface area contributed by atoms with E-state index in [1.807, 2.05) is 13.8 Å². The van der Waals surface area contributed by atoms with Crippen LogP contribution < -0.4 is 10.6 Å². The largest absolute Gasteiger partial charge is 0.443 e. The monoisotopic (exact) mass is 306 g/mol. The summed E-state index contributed by atoms with van der Waals surface area (Å²) in [6, 6.07) is 7.07. The van der Waals surface area contributed by atoms with Crippen molar-refractivity contribution >= 4 is 17.6 Å². The molecule has 1 amide bonds. The Hall–Kier alpha value is -1.88. The highest BCUT2D eigenvalue weighted by Crippen LogP contribution is 2.22. The first-order chi connectivity index (χ1) is 10.7. The normalized spacial score (nSPS) is 16.8. The maximum atomic E-state index is 11.9. The molecule has 1 saturated heterocycles. The van der Waals surface area contributed by atoms with Gasteiger partial charge >= 0.3 is 6.09 Å². The van der Waals surface area contributed by atoms with Crippen molar-refractivity contribution in [1.29, 1.82) is 0 Å².